The Bertz CT molecular complexity index is 294. The van der Waals surface area contributed by atoms with Crippen molar-refractivity contribution in [2.75, 3.05) is 0 Å². The van der Waals surface area contributed by atoms with Crippen molar-refractivity contribution in [1.82, 2.24) is 0 Å². The molecular weight excluding hydrogens is 363 g/mol. The van der Waals surface area contributed by atoms with Gasteiger partial charge in [0.2, 0.25) is 0 Å². The Balaban J connectivity index is 0. The first kappa shape index (κ1) is 18.5. The molecule has 0 aliphatic rings. The zero-order valence-electron chi connectivity index (χ0n) is 8.14. The van der Waals surface area contributed by atoms with Gasteiger partial charge in [0.05, 0.1) is 0 Å². The molecule has 2 atom stereocenters. The van der Waals surface area contributed by atoms with Crippen molar-refractivity contribution >= 4 is 65.4 Å². The molecule has 1 aromatic carbocycles. The van der Waals surface area contributed by atoms with Gasteiger partial charge < -0.3 is 18.9 Å². The van der Waals surface area contributed by atoms with Crippen molar-refractivity contribution in [2.24, 2.45) is 0 Å². The Morgan fingerprint density at radius 2 is 1.47 bits per heavy atom. The van der Waals surface area contributed by atoms with E-state index in [2.05, 4.69) is 23.4 Å². The summed E-state index contributed by atoms with van der Waals surface area (Å²) in [5, 5.41) is 0. The molecule has 0 aliphatic heterocycles. The van der Waals surface area contributed by atoms with Gasteiger partial charge in [0, 0.05) is 0 Å². The second-order valence-corrected chi connectivity index (χ2v) is 4.07. The Morgan fingerprint density at radius 3 is 1.60 bits per heavy atom. The average Bonchev–Trinajstić information content (AvgIpc) is 2.03. The van der Waals surface area contributed by atoms with E-state index in [1.54, 1.807) is 0 Å². The summed E-state index contributed by atoms with van der Waals surface area (Å²) in [7, 11) is -7.03. The smallest absolute Gasteiger partial charge is 0.781 e. The molecule has 0 aliphatic carbocycles. The molecule has 8 heteroatoms. The first-order valence-electron chi connectivity index (χ1n) is 3.64. The molecule has 0 N–H and O–H groups in total. The molecule has 0 fully saturated rings. The number of aryl methyl sites for hydroxylation is 1. The van der Waals surface area contributed by atoms with E-state index >= 15 is 0 Å². The first-order chi connectivity index (χ1) is 6.52. The Labute approximate surface area is 130 Å². The maximum Gasteiger partial charge on any atom is 2.00 e. The summed E-state index contributed by atoms with van der Waals surface area (Å²) < 4.78 is 21.8. The molecule has 0 saturated carbocycles. The molecule has 0 amide bonds. The summed E-state index contributed by atoms with van der Waals surface area (Å²) in [6.07, 6.45) is 0. The van der Waals surface area contributed by atoms with Gasteiger partial charge in [-0.3, -0.25) is 4.31 Å². The topological polar surface area (TPSA) is 89.5 Å². The monoisotopic (exact) mass is 374 g/mol. The Hall–Kier alpha value is 1.13. The Kier molecular flexibility index (Phi) is 14.3. The molecule has 1 aromatic rings. The Morgan fingerprint density at radius 1 is 1.07 bits per heavy atom. The second-order valence-electron chi connectivity index (χ2n) is 2.26. The van der Waals surface area contributed by atoms with Crippen molar-refractivity contribution < 1.29 is 23.2 Å². The minimum atomic E-state index is -3.51. The van der Waals surface area contributed by atoms with Crippen LogP contribution in [0.1, 0.15) is 5.56 Å². The molecule has 0 aromatic heterocycles. The summed E-state index contributed by atoms with van der Waals surface area (Å²) in [5.74, 6) is 0. The summed E-state index contributed by atoms with van der Waals surface area (Å²) in [5.41, 5.74) is 1.32. The molecule has 0 spiro atoms. The fourth-order valence-electron chi connectivity index (χ4n) is 0.602. The molecular formula is C7H10BaO5P2. The number of hydrogen-bond donors (Lipinski definition) is 0. The van der Waals surface area contributed by atoms with E-state index < -0.39 is 16.5 Å². The molecule has 0 saturated heterocycles. The van der Waals surface area contributed by atoms with Crippen molar-refractivity contribution in [3.8, 4) is 0 Å². The zero-order chi connectivity index (χ0) is 11.0. The SMILES string of the molecule is Cc1ccccc1.O=[PH]([O-])O[PH](=O)[O-].[Ba+2]. The standard InChI is InChI=1S/C7H8.Ba.H4O5P2/c1-7-5-3-2-4-6-7;;1-6(2)5-7(3)4/h2-6H,1H3;;6-7H,(H,1,2)(H,3,4)/q;+2;/p-2. The predicted octanol–water partition coefficient (Wildman–Crippen LogP) is 0.117. The third kappa shape index (κ3) is 15.1. The van der Waals surface area contributed by atoms with Gasteiger partial charge in [-0.25, -0.2) is 0 Å². The third-order valence-electron chi connectivity index (χ3n) is 1.11. The minimum Gasteiger partial charge on any atom is -0.781 e. The largest absolute Gasteiger partial charge is 2.00 e. The maximum absolute atomic E-state index is 9.29. The second kappa shape index (κ2) is 11.6. The fourth-order valence-corrected chi connectivity index (χ4v) is 1.15. The third-order valence-corrected chi connectivity index (χ3v) is 2.44. The van der Waals surface area contributed by atoms with Crippen molar-refractivity contribution in [1.29, 1.82) is 0 Å². The van der Waals surface area contributed by atoms with Crippen LogP contribution in [0.4, 0.5) is 0 Å². The maximum atomic E-state index is 9.29. The summed E-state index contributed by atoms with van der Waals surface area (Å²) in [4.78, 5) is 18.6. The van der Waals surface area contributed by atoms with E-state index in [-0.39, 0.29) is 48.9 Å². The van der Waals surface area contributed by atoms with Crippen LogP contribution in [0, 0.1) is 6.92 Å². The van der Waals surface area contributed by atoms with Crippen LogP contribution in [0.25, 0.3) is 0 Å². The van der Waals surface area contributed by atoms with Gasteiger partial charge in [-0.05, 0) is 6.92 Å². The van der Waals surface area contributed by atoms with Gasteiger partial charge in [0.15, 0.2) is 0 Å². The van der Waals surface area contributed by atoms with E-state index in [0.29, 0.717) is 0 Å². The van der Waals surface area contributed by atoms with Gasteiger partial charge in [-0.15, -0.1) is 0 Å². The normalized spacial score (nSPS) is 12.7. The van der Waals surface area contributed by atoms with Crippen LogP contribution in [-0.2, 0) is 13.4 Å². The molecule has 5 nitrogen and oxygen atoms in total. The number of hydrogen-bond acceptors (Lipinski definition) is 5. The summed E-state index contributed by atoms with van der Waals surface area (Å²) in [6, 6.07) is 10.3. The van der Waals surface area contributed by atoms with Gasteiger partial charge in [0.25, 0.3) is 0 Å². The molecule has 15 heavy (non-hydrogen) atoms. The van der Waals surface area contributed by atoms with E-state index in [9.17, 15) is 18.9 Å². The van der Waals surface area contributed by atoms with Crippen LogP contribution in [-0.4, -0.2) is 48.9 Å². The van der Waals surface area contributed by atoms with Gasteiger partial charge in [0.1, 0.15) is 16.5 Å². The van der Waals surface area contributed by atoms with Gasteiger partial charge >= 0.3 is 48.9 Å². The van der Waals surface area contributed by atoms with Crippen LogP contribution >= 0.6 is 16.5 Å². The first-order valence-corrected chi connectivity index (χ1v) is 6.08. The molecule has 0 bridgehead atoms. The molecule has 2 unspecified atom stereocenters. The van der Waals surface area contributed by atoms with E-state index in [1.165, 1.54) is 5.56 Å². The van der Waals surface area contributed by atoms with Crippen LogP contribution < -0.4 is 9.79 Å². The van der Waals surface area contributed by atoms with Crippen LogP contribution in [0.5, 0.6) is 0 Å². The molecule has 80 valence electrons. The number of rotatable bonds is 2. The van der Waals surface area contributed by atoms with Crippen LogP contribution in [0.15, 0.2) is 30.3 Å². The average molecular weight is 373 g/mol. The summed E-state index contributed by atoms with van der Waals surface area (Å²) >= 11 is 0. The summed E-state index contributed by atoms with van der Waals surface area (Å²) in [6.45, 7) is 2.08. The van der Waals surface area contributed by atoms with Gasteiger partial charge in [-0.1, -0.05) is 35.9 Å². The number of benzene rings is 1. The van der Waals surface area contributed by atoms with Crippen molar-refractivity contribution in [3.63, 3.8) is 0 Å². The van der Waals surface area contributed by atoms with Crippen LogP contribution in [0.3, 0.4) is 0 Å². The van der Waals surface area contributed by atoms with Crippen molar-refractivity contribution in [3.05, 3.63) is 35.9 Å². The van der Waals surface area contributed by atoms with E-state index in [1.807, 2.05) is 18.2 Å². The van der Waals surface area contributed by atoms with Gasteiger partial charge in [-0.2, -0.15) is 0 Å². The van der Waals surface area contributed by atoms with Crippen LogP contribution in [0.2, 0.25) is 0 Å². The molecule has 1 rings (SSSR count). The quantitative estimate of drug-likeness (QED) is 0.543. The molecule has 0 radical (unpaired) electrons. The minimum absolute atomic E-state index is 0. The fraction of sp³-hybridized carbons (Fsp3) is 0.143. The predicted molar refractivity (Wildman–Crippen MR) is 56.0 cm³/mol. The van der Waals surface area contributed by atoms with E-state index in [0.717, 1.165) is 0 Å². The zero-order valence-corrected chi connectivity index (χ0v) is 14.6. The molecule has 0 heterocycles. The van der Waals surface area contributed by atoms with Crippen molar-refractivity contribution in [2.45, 2.75) is 6.92 Å². The van der Waals surface area contributed by atoms with E-state index in [4.69, 9.17) is 0 Å².